The summed E-state index contributed by atoms with van der Waals surface area (Å²) in [5.41, 5.74) is -0.415. The van der Waals surface area contributed by atoms with Gasteiger partial charge in [0.05, 0.1) is 0 Å². The number of ether oxygens (including phenoxy) is 1. The molecule has 0 aromatic heterocycles. The largest absolute Gasteiger partial charge is 0.444 e. The Morgan fingerprint density at radius 1 is 1.22 bits per heavy atom. The van der Waals surface area contributed by atoms with Crippen molar-refractivity contribution in [3.63, 3.8) is 0 Å². The van der Waals surface area contributed by atoms with E-state index in [1.807, 2.05) is 20.8 Å². The highest BCUT2D eigenvalue weighted by atomic mass is 16.6. The third kappa shape index (κ3) is 6.81. The summed E-state index contributed by atoms with van der Waals surface area (Å²) in [6.45, 7) is 11.9. The summed E-state index contributed by atoms with van der Waals surface area (Å²) in [5, 5.41) is 2.79. The van der Waals surface area contributed by atoms with Gasteiger partial charge in [-0.2, -0.15) is 0 Å². The van der Waals surface area contributed by atoms with Gasteiger partial charge in [-0.3, -0.25) is 0 Å². The van der Waals surface area contributed by atoms with E-state index in [0.29, 0.717) is 6.54 Å². The van der Waals surface area contributed by atoms with Crippen LogP contribution in [-0.4, -0.2) is 67.8 Å². The third-order valence-corrected chi connectivity index (χ3v) is 2.92. The maximum atomic E-state index is 11.4. The van der Waals surface area contributed by atoms with Crippen LogP contribution in [0, 0.1) is 0 Å². The first-order chi connectivity index (χ1) is 8.37. The third-order valence-electron chi connectivity index (χ3n) is 2.92. The summed E-state index contributed by atoms with van der Waals surface area (Å²) < 4.78 is 5.17. The molecule has 0 atom stereocenters. The molecule has 5 heteroatoms. The highest BCUT2D eigenvalue weighted by Crippen LogP contribution is 2.06. The zero-order valence-corrected chi connectivity index (χ0v) is 12.2. The van der Waals surface area contributed by atoms with Gasteiger partial charge in [-0.05, 0) is 40.8 Å². The summed E-state index contributed by atoms with van der Waals surface area (Å²) in [4.78, 5) is 16.2. The van der Waals surface area contributed by atoms with E-state index in [2.05, 4.69) is 22.2 Å². The Morgan fingerprint density at radius 2 is 1.83 bits per heavy atom. The highest BCUT2D eigenvalue weighted by molar-refractivity contribution is 5.67. The SMILES string of the molecule is CN1CCN(CCCNC(=O)OC(C)(C)C)CC1. The standard InChI is InChI=1S/C13H27N3O2/c1-13(2,3)18-12(17)14-6-5-7-16-10-8-15(4)9-11-16/h5-11H2,1-4H3,(H,14,17). The minimum absolute atomic E-state index is 0.319. The molecule has 0 aliphatic carbocycles. The molecule has 1 rings (SSSR count). The van der Waals surface area contributed by atoms with Crippen LogP contribution >= 0.6 is 0 Å². The summed E-state index contributed by atoms with van der Waals surface area (Å²) >= 11 is 0. The summed E-state index contributed by atoms with van der Waals surface area (Å²) in [6.07, 6.45) is 0.657. The average Bonchev–Trinajstić information content (AvgIpc) is 2.24. The van der Waals surface area contributed by atoms with Crippen LogP contribution in [0.3, 0.4) is 0 Å². The Morgan fingerprint density at radius 3 is 2.39 bits per heavy atom. The van der Waals surface area contributed by atoms with Gasteiger partial charge >= 0.3 is 6.09 Å². The molecule has 0 unspecified atom stereocenters. The zero-order chi connectivity index (χ0) is 13.6. The molecule has 106 valence electrons. The lowest BCUT2D eigenvalue weighted by molar-refractivity contribution is 0.0524. The van der Waals surface area contributed by atoms with Crippen molar-refractivity contribution in [2.24, 2.45) is 0 Å². The second kappa shape index (κ2) is 6.95. The minimum atomic E-state index is -0.415. The van der Waals surface area contributed by atoms with Crippen molar-refractivity contribution in [2.45, 2.75) is 32.8 Å². The normalized spacial score (nSPS) is 18.7. The van der Waals surface area contributed by atoms with E-state index in [1.165, 1.54) is 0 Å². The summed E-state index contributed by atoms with van der Waals surface area (Å²) in [5.74, 6) is 0. The summed E-state index contributed by atoms with van der Waals surface area (Å²) in [6, 6.07) is 0. The van der Waals surface area contributed by atoms with E-state index in [-0.39, 0.29) is 6.09 Å². The Labute approximate surface area is 110 Å². The molecule has 0 radical (unpaired) electrons. The van der Waals surface area contributed by atoms with Crippen LogP contribution in [-0.2, 0) is 4.74 Å². The smallest absolute Gasteiger partial charge is 0.407 e. The van der Waals surface area contributed by atoms with Crippen molar-refractivity contribution >= 4 is 6.09 Å². The van der Waals surface area contributed by atoms with Crippen molar-refractivity contribution in [3.8, 4) is 0 Å². The van der Waals surface area contributed by atoms with Gasteiger partial charge in [-0.25, -0.2) is 4.79 Å². The Balaban J connectivity index is 2.03. The number of nitrogens with zero attached hydrogens (tertiary/aromatic N) is 2. The van der Waals surface area contributed by atoms with Gasteiger partial charge in [0, 0.05) is 32.7 Å². The molecule has 1 aliphatic rings. The van der Waals surface area contributed by atoms with Gasteiger partial charge in [-0.1, -0.05) is 0 Å². The molecule has 0 aromatic rings. The van der Waals surface area contributed by atoms with Crippen LogP contribution in [0.2, 0.25) is 0 Å². The molecule has 0 bridgehead atoms. The molecule has 1 heterocycles. The second-order valence-electron chi connectivity index (χ2n) is 5.93. The van der Waals surface area contributed by atoms with Crippen molar-refractivity contribution in [2.75, 3.05) is 46.3 Å². The van der Waals surface area contributed by atoms with E-state index in [9.17, 15) is 4.79 Å². The van der Waals surface area contributed by atoms with Crippen molar-refractivity contribution in [1.29, 1.82) is 0 Å². The fourth-order valence-corrected chi connectivity index (χ4v) is 1.88. The number of hydrogen-bond donors (Lipinski definition) is 1. The van der Waals surface area contributed by atoms with Crippen LogP contribution in [0.5, 0.6) is 0 Å². The maximum Gasteiger partial charge on any atom is 0.407 e. The number of alkyl carbamates (subject to hydrolysis) is 1. The maximum absolute atomic E-state index is 11.4. The van der Waals surface area contributed by atoms with E-state index >= 15 is 0 Å². The van der Waals surface area contributed by atoms with Crippen molar-refractivity contribution in [3.05, 3.63) is 0 Å². The molecule has 5 nitrogen and oxygen atoms in total. The lowest BCUT2D eigenvalue weighted by Gasteiger charge is -2.32. The van der Waals surface area contributed by atoms with Gasteiger partial charge < -0.3 is 19.9 Å². The molecular weight excluding hydrogens is 230 g/mol. The number of amides is 1. The van der Waals surface area contributed by atoms with Gasteiger partial charge in [0.15, 0.2) is 0 Å². The first kappa shape index (κ1) is 15.2. The average molecular weight is 257 g/mol. The van der Waals surface area contributed by atoms with Gasteiger partial charge in [0.2, 0.25) is 0 Å². The fraction of sp³-hybridized carbons (Fsp3) is 0.923. The second-order valence-corrected chi connectivity index (χ2v) is 5.93. The highest BCUT2D eigenvalue weighted by Gasteiger charge is 2.16. The molecule has 18 heavy (non-hydrogen) atoms. The quantitative estimate of drug-likeness (QED) is 0.767. The number of nitrogens with one attached hydrogen (secondary N) is 1. The van der Waals surface area contributed by atoms with E-state index < -0.39 is 5.60 Å². The molecule has 0 saturated carbocycles. The molecule has 1 N–H and O–H groups in total. The van der Waals surface area contributed by atoms with Crippen molar-refractivity contribution < 1.29 is 9.53 Å². The fourth-order valence-electron chi connectivity index (χ4n) is 1.88. The van der Waals surface area contributed by atoms with E-state index in [4.69, 9.17) is 4.74 Å². The minimum Gasteiger partial charge on any atom is -0.444 e. The number of piperazine rings is 1. The molecule has 0 aromatic carbocycles. The van der Waals surface area contributed by atoms with Gasteiger partial charge in [0.25, 0.3) is 0 Å². The number of carbonyl (C=O) groups excluding carboxylic acids is 1. The predicted octanol–water partition coefficient (Wildman–Crippen LogP) is 1.15. The molecular formula is C13H27N3O2. The number of carbonyl (C=O) groups is 1. The van der Waals surface area contributed by atoms with Crippen LogP contribution in [0.4, 0.5) is 4.79 Å². The first-order valence-corrected chi connectivity index (χ1v) is 6.74. The number of hydrogen-bond acceptors (Lipinski definition) is 4. The monoisotopic (exact) mass is 257 g/mol. The van der Waals surface area contributed by atoms with Gasteiger partial charge in [0.1, 0.15) is 5.60 Å². The first-order valence-electron chi connectivity index (χ1n) is 6.74. The zero-order valence-electron chi connectivity index (χ0n) is 12.2. The lowest BCUT2D eigenvalue weighted by Crippen LogP contribution is -2.45. The molecule has 0 spiro atoms. The van der Waals surface area contributed by atoms with Crippen LogP contribution in [0.25, 0.3) is 0 Å². The van der Waals surface area contributed by atoms with Crippen LogP contribution in [0.1, 0.15) is 27.2 Å². The van der Waals surface area contributed by atoms with E-state index in [0.717, 1.165) is 39.1 Å². The molecule has 1 saturated heterocycles. The van der Waals surface area contributed by atoms with E-state index in [1.54, 1.807) is 0 Å². The molecule has 1 amide bonds. The number of rotatable bonds is 4. The molecule has 1 fully saturated rings. The summed E-state index contributed by atoms with van der Waals surface area (Å²) in [7, 11) is 2.15. The van der Waals surface area contributed by atoms with Gasteiger partial charge in [-0.15, -0.1) is 0 Å². The number of likely N-dealkylation sites (N-methyl/N-ethyl adjacent to an activating group) is 1. The Bertz CT molecular complexity index is 255. The Hall–Kier alpha value is -0.810. The predicted molar refractivity (Wildman–Crippen MR) is 72.8 cm³/mol. The molecule has 1 aliphatic heterocycles. The lowest BCUT2D eigenvalue weighted by atomic mass is 10.2. The Kier molecular flexibility index (Phi) is 5.88. The van der Waals surface area contributed by atoms with Crippen LogP contribution < -0.4 is 5.32 Å². The topological polar surface area (TPSA) is 44.8 Å². The van der Waals surface area contributed by atoms with Crippen molar-refractivity contribution in [1.82, 2.24) is 15.1 Å². The van der Waals surface area contributed by atoms with Crippen LogP contribution in [0.15, 0.2) is 0 Å².